The Morgan fingerprint density at radius 2 is 2.33 bits per heavy atom. The highest BCUT2D eigenvalue weighted by atomic mass is 32.1. The van der Waals surface area contributed by atoms with E-state index in [1.54, 1.807) is 11.6 Å². The summed E-state index contributed by atoms with van der Waals surface area (Å²) in [5.74, 6) is -0.403. The maximum absolute atomic E-state index is 12.0. The van der Waals surface area contributed by atoms with Crippen molar-refractivity contribution in [3.8, 4) is 0 Å². The first-order valence-corrected chi connectivity index (χ1v) is 5.75. The van der Waals surface area contributed by atoms with Crippen LogP contribution in [0.15, 0.2) is 28.9 Å². The van der Waals surface area contributed by atoms with Gasteiger partial charge < -0.3 is 0 Å². The zero-order valence-electron chi connectivity index (χ0n) is 8.82. The van der Waals surface area contributed by atoms with Crippen LogP contribution in [0, 0.1) is 0 Å². The molecule has 0 aliphatic carbocycles. The Morgan fingerprint density at radius 3 is 3.11 bits per heavy atom. The van der Waals surface area contributed by atoms with Gasteiger partial charge >= 0.3 is 0 Å². The highest BCUT2D eigenvalue weighted by Crippen LogP contribution is 2.06. The van der Waals surface area contributed by atoms with Crippen LogP contribution in [0.2, 0.25) is 0 Å². The number of nitrogens with one attached hydrogen (secondary N) is 2. The number of carbonyl (C=O) groups is 1. The van der Waals surface area contributed by atoms with Crippen molar-refractivity contribution in [3.05, 3.63) is 40.0 Å². The van der Waals surface area contributed by atoms with E-state index < -0.39 is 11.5 Å². The topological polar surface area (TPSA) is 105 Å². The third kappa shape index (κ3) is 1.66. The third-order valence-corrected chi connectivity index (χ3v) is 3.01. The minimum atomic E-state index is -0.579. The fourth-order valence-corrected chi connectivity index (χ4v) is 2.10. The van der Waals surface area contributed by atoms with Crippen LogP contribution in [0.4, 0.5) is 5.95 Å². The average Bonchev–Trinajstić information content (AvgIpc) is 2.99. The molecule has 0 bridgehead atoms. The lowest BCUT2D eigenvalue weighted by Crippen LogP contribution is -2.26. The Labute approximate surface area is 103 Å². The van der Waals surface area contributed by atoms with Gasteiger partial charge in [0.05, 0.1) is 0 Å². The molecule has 3 rings (SSSR count). The van der Waals surface area contributed by atoms with Gasteiger partial charge in [-0.05, 0) is 0 Å². The molecule has 8 nitrogen and oxygen atoms in total. The Hall–Kier alpha value is -2.55. The van der Waals surface area contributed by atoms with E-state index >= 15 is 0 Å². The molecule has 0 aliphatic heterocycles. The first kappa shape index (κ1) is 10.6. The van der Waals surface area contributed by atoms with Crippen molar-refractivity contribution in [2.24, 2.45) is 0 Å². The fraction of sp³-hybridized carbons (Fsp3) is 0. The highest BCUT2D eigenvalue weighted by Gasteiger charge is 2.14. The number of rotatable bonds is 2. The number of anilines is 1. The highest BCUT2D eigenvalue weighted by molar-refractivity contribution is 7.15. The molecular formula is C9H6N6O2S. The van der Waals surface area contributed by atoms with Crippen LogP contribution in [-0.2, 0) is 0 Å². The second-order valence-electron chi connectivity index (χ2n) is 3.32. The molecule has 3 aromatic rings. The van der Waals surface area contributed by atoms with Crippen molar-refractivity contribution in [3.63, 3.8) is 0 Å². The SMILES string of the molecule is O=C(Nc1ncn[nH]1)c1cnc2sccn2c1=O. The number of hydrogen-bond donors (Lipinski definition) is 2. The lowest BCUT2D eigenvalue weighted by atomic mass is 10.3. The van der Waals surface area contributed by atoms with Crippen molar-refractivity contribution in [2.45, 2.75) is 0 Å². The number of nitrogens with zero attached hydrogens (tertiary/aromatic N) is 4. The Bertz CT molecular complexity index is 759. The maximum Gasteiger partial charge on any atom is 0.271 e. The number of carbonyl (C=O) groups excluding carboxylic acids is 1. The molecule has 3 heterocycles. The molecule has 1 amide bonds. The molecule has 18 heavy (non-hydrogen) atoms. The first-order valence-electron chi connectivity index (χ1n) is 4.87. The molecule has 0 aliphatic rings. The Kier molecular flexibility index (Phi) is 2.38. The van der Waals surface area contributed by atoms with Gasteiger partial charge in [-0.3, -0.25) is 19.3 Å². The molecule has 0 unspecified atom stereocenters. The molecule has 90 valence electrons. The van der Waals surface area contributed by atoms with E-state index in [4.69, 9.17) is 0 Å². The van der Waals surface area contributed by atoms with Crippen molar-refractivity contribution in [1.82, 2.24) is 24.6 Å². The van der Waals surface area contributed by atoms with Gasteiger partial charge in [0.25, 0.3) is 11.5 Å². The van der Waals surface area contributed by atoms with E-state index in [9.17, 15) is 9.59 Å². The lowest BCUT2D eigenvalue weighted by Gasteiger charge is -2.00. The van der Waals surface area contributed by atoms with E-state index in [1.807, 2.05) is 0 Å². The summed E-state index contributed by atoms with van der Waals surface area (Å²) in [5, 5.41) is 10.2. The normalized spacial score (nSPS) is 10.7. The molecule has 0 radical (unpaired) electrons. The molecule has 0 spiro atoms. The number of aromatic nitrogens is 5. The largest absolute Gasteiger partial charge is 0.291 e. The monoisotopic (exact) mass is 262 g/mol. The summed E-state index contributed by atoms with van der Waals surface area (Å²) in [4.78, 5) is 32.1. The zero-order chi connectivity index (χ0) is 12.5. The summed E-state index contributed by atoms with van der Waals surface area (Å²) >= 11 is 1.32. The van der Waals surface area contributed by atoms with E-state index in [-0.39, 0.29) is 11.5 Å². The Morgan fingerprint density at radius 1 is 1.44 bits per heavy atom. The summed E-state index contributed by atoms with van der Waals surface area (Å²) in [6.07, 6.45) is 4.07. The molecule has 3 aromatic heterocycles. The lowest BCUT2D eigenvalue weighted by molar-refractivity contribution is 0.102. The quantitative estimate of drug-likeness (QED) is 0.682. The molecule has 0 atom stereocenters. The van der Waals surface area contributed by atoms with Crippen LogP contribution < -0.4 is 10.9 Å². The summed E-state index contributed by atoms with van der Waals surface area (Å²) in [6, 6.07) is 0. The second-order valence-corrected chi connectivity index (χ2v) is 4.19. The van der Waals surface area contributed by atoms with Gasteiger partial charge in [0.2, 0.25) is 5.95 Å². The van der Waals surface area contributed by atoms with Crippen LogP contribution in [0.25, 0.3) is 4.96 Å². The fourth-order valence-electron chi connectivity index (χ4n) is 1.42. The van der Waals surface area contributed by atoms with Gasteiger partial charge in [0.1, 0.15) is 11.9 Å². The number of H-pyrrole nitrogens is 1. The van der Waals surface area contributed by atoms with Crippen LogP contribution in [0.5, 0.6) is 0 Å². The van der Waals surface area contributed by atoms with E-state index in [0.29, 0.717) is 4.96 Å². The van der Waals surface area contributed by atoms with Gasteiger partial charge in [0.15, 0.2) is 4.96 Å². The predicted molar refractivity (Wildman–Crippen MR) is 63.7 cm³/mol. The van der Waals surface area contributed by atoms with Crippen LogP contribution in [0.3, 0.4) is 0 Å². The summed E-state index contributed by atoms with van der Waals surface area (Å²) < 4.78 is 1.32. The van der Waals surface area contributed by atoms with Gasteiger partial charge in [-0.25, -0.2) is 10.1 Å². The van der Waals surface area contributed by atoms with Crippen LogP contribution in [-0.4, -0.2) is 30.5 Å². The van der Waals surface area contributed by atoms with Crippen molar-refractivity contribution in [1.29, 1.82) is 0 Å². The molecule has 0 saturated heterocycles. The molecule has 0 fully saturated rings. The van der Waals surface area contributed by atoms with Gasteiger partial charge in [-0.2, -0.15) is 10.1 Å². The summed E-state index contributed by atoms with van der Waals surface area (Å²) in [6.45, 7) is 0. The average molecular weight is 262 g/mol. The number of aromatic amines is 1. The molecule has 0 aromatic carbocycles. The molecular weight excluding hydrogens is 256 g/mol. The van der Waals surface area contributed by atoms with Crippen molar-refractivity contribution in [2.75, 3.05) is 5.32 Å². The van der Waals surface area contributed by atoms with E-state index in [2.05, 4.69) is 25.5 Å². The smallest absolute Gasteiger partial charge is 0.271 e. The molecule has 9 heteroatoms. The standard InChI is InChI=1S/C9H6N6O2S/c16-6(13-8-11-4-12-14-8)5-3-10-9-15(7(5)17)1-2-18-9/h1-4H,(H2,11,12,13,14,16). The number of thiazole rings is 1. The molecule has 0 saturated carbocycles. The summed E-state index contributed by atoms with van der Waals surface area (Å²) in [5.41, 5.74) is -0.472. The number of fused-ring (bicyclic) bond motifs is 1. The minimum absolute atomic E-state index is 0.0534. The van der Waals surface area contributed by atoms with Gasteiger partial charge in [0, 0.05) is 17.8 Å². The third-order valence-electron chi connectivity index (χ3n) is 2.23. The molecule has 2 N–H and O–H groups in total. The van der Waals surface area contributed by atoms with Crippen LogP contribution >= 0.6 is 11.3 Å². The van der Waals surface area contributed by atoms with E-state index in [0.717, 1.165) is 0 Å². The van der Waals surface area contributed by atoms with Crippen molar-refractivity contribution >= 4 is 28.2 Å². The van der Waals surface area contributed by atoms with E-state index in [1.165, 1.54) is 28.3 Å². The second kappa shape index (κ2) is 4.04. The maximum atomic E-state index is 12.0. The van der Waals surface area contributed by atoms with Gasteiger partial charge in [-0.15, -0.1) is 11.3 Å². The van der Waals surface area contributed by atoms with Crippen molar-refractivity contribution < 1.29 is 4.79 Å². The minimum Gasteiger partial charge on any atom is -0.291 e. The Balaban J connectivity index is 2.01. The number of hydrogen-bond acceptors (Lipinski definition) is 6. The van der Waals surface area contributed by atoms with Crippen LogP contribution in [0.1, 0.15) is 10.4 Å². The number of amides is 1. The van der Waals surface area contributed by atoms with Gasteiger partial charge in [-0.1, -0.05) is 0 Å². The summed E-state index contributed by atoms with van der Waals surface area (Å²) in [7, 11) is 0. The first-order chi connectivity index (χ1) is 8.75. The zero-order valence-corrected chi connectivity index (χ0v) is 9.64. The predicted octanol–water partition coefficient (Wildman–Crippen LogP) is 0.126.